The number of ether oxygens (including phenoxy) is 2. The van der Waals surface area contributed by atoms with Crippen LogP contribution in [0, 0.1) is 11.3 Å². The van der Waals surface area contributed by atoms with Gasteiger partial charge in [-0.2, -0.15) is 5.26 Å². The van der Waals surface area contributed by atoms with Crippen LogP contribution in [0.2, 0.25) is 0 Å². The summed E-state index contributed by atoms with van der Waals surface area (Å²) in [4.78, 5) is 10.8. The number of nitriles is 1. The van der Waals surface area contributed by atoms with Crippen molar-refractivity contribution in [2.24, 2.45) is 0 Å². The summed E-state index contributed by atoms with van der Waals surface area (Å²) in [6.07, 6.45) is -0.531. The summed E-state index contributed by atoms with van der Waals surface area (Å²) >= 11 is 0. The fraction of sp³-hybridized carbons (Fsp3) is 0.750. The lowest BCUT2D eigenvalue weighted by Gasteiger charge is -2.18. The molecule has 0 aromatic rings. The summed E-state index contributed by atoms with van der Waals surface area (Å²) in [5.74, 6) is 0. The second-order valence-electron chi connectivity index (χ2n) is 3.22. The van der Waals surface area contributed by atoms with E-state index in [0.29, 0.717) is 0 Å². The molecule has 0 aliphatic heterocycles. The van der Waals surface area contributed by atoms with E-state index < -0.39 is 11.8 Å². The van der Waals surface area contributed by atoms with Crippen LogP contribution in [0.15, 0.2) is 0 Å². The minimum absolute atomic E-state index is 0.0887. The van der Waals surface area contributed by atoms with Gasteiger partial charge < -0.3 is 9.47 Å². The molecule has 0 bridgehead atoms. The molecule has 12 heavy (non-hydrogen) atoms. The SMILES string of the molecule is CC(C)(C)OC(=O)OCCC#N. The van der Waals surface area contributed by atoms with Crippen LogP contribution in [0.25, 0.3) is 0 Å². The van der Waals surface area contributed by atoms with Crippen LogP contribution in [0.4, 0.5) is 4.79 Å². The predicted molar refractivity (Wildman–Crippen MR) is 42.4 cm³/mol. The summed E-state index contributed by atoms with van der Waals surface area (Å²) in [5.41, 5.74) is -0.538. The Balaban J connectivity index is 3.56. The van der Waals surface area contributed by atoms with Gasteiger partial charge in [0, 0.05) is 0 Å². The highest BCUT2D eigenvalue weighted by molar-refractivity contribution is 5.60. The molecule has 0 atom stereocenters. The molecule has 4 nitrogen and oxygen atoms in total. The van der Waals surface area contributed by atoms with Crippen LogP contribution in [0.3, 0.4) is 0 Å². The lowest BCUT2D eigenvalue weighted by Crippen LogP contribution is -2.24. The second kappa shape index (κ2) is 4.60. The largest absolute Gasteiger partial charge is 0.508 e. The van der Waals surface area contributed by atoms with Gasteiger partial charge in [-0.25, -0.2) is 4.79 Å². The maximum Gasteiger partial charge on any atom is 0.508 e. The van der Waals surface area contributed by atoms with Gasteiger partial charge in [-0.05, 0) is 20.8 Å². The molecule has 0 radical (unpaired) electrons. The molecule has 0 saturated heterocycles. The molecule has 68 valence electrons. The maximum absolute atomic E-state index is 10.8. The summed E-state index contributed by atoms with van der Waals surface area (Å²) in [7, 11) is 0. The summed E-state index contributed by atoms with van der Waals surface area (Å²) in [6, 6.07) is 1.85. The van der Waals surface area contributed by atoms with Crippen LogP contribution >= 0.6 is 0 Å². The van der Waals surface area contributed by atoms with Gasteiger partial charge in [-0.3, -0.25) is 0 Å². The number of carbonyl (C=O) groups excluding carboxylic acids is 1. The van der Waals surface area contributed by atoms with E-state index in [1.807, 2.05) is 6.07 Å². The topological polar surface area (TPSA) is 59.3 Å². The van der Waals surface area contributed by atoms with E-state index in [9.17, 15) is 4.79 Å². The molecule has 0 aromatic heterocycles. The molecule has 0 aromatic carbocycles. The molecule has 0 fully saturated rings. The number of hydrogen-bond acceptors (Lipinski definition) is 4. The first-order valence-electron chi connectivity index (χ1n) is 3.68. The van der Waals surface area contributed by atoms with E-state index in [1.54, 1.807) is 20.8 Å². The van der Waals surface area contributed by atoms with Gasteiger partial charge in [0.25, 0.3) is 0 Å². The van der Waals surface area contributed by atoms with E-state index in [0.717, 1.165) is 0 Å². The molecule has 0 unspecified atom stereocenters. The molecule has 0 spiro atoms. The summed E-state index contributed by atoms with van der Waals surface area (Å²) < 4.78 is 9.39. The van der Waals surface area contributed by atoms with Crippen molar-refractivity contribution in [3.63, 3.8) is 0 Å². The zero-order valence-electron chi connectivity index (χ0n) is 7.59. The Morgan fingerprint density at radius 1 is 1.50 bits per heavy atom. The van der Waals surface area contributed by atoms with E-state index in [2.05, 4.69) is 4.74 Å². The lowest BCUT2D eigenvalue weighted by atomic mass is 10.2. The standard InChI is InChI=1S/C8H13NO3/c1-8(2,3)12-7(10)11-6-4-5-9/h4,6H2,1-3H3. The first-order chi connectivity index (χ1) is 5.45. The van der Waals surface area contributed by atoms with Gasteiger partial charge in [0.05, 0.1) is 12.5 Å². The Hall–Kier alpha value is -1.24. The zero-order valence-corrected chi connectivity index (χ0v) is 7.59. The van der Waals surface area contributed by atoms with Crippen LogP contribution in [-0.2, 0) is 9.47 Å². The first kappa shape index (κ1) is 10.8. The smallest absolute Gasteiger partial charge is 0.433 e. The van der Waals surface area contributed by atoms with Crippen molar-refractivity contribution in [2.75, 3.05) is 6.61 Å². The quantitative estimate of drug-likeness (QED) is 0.470. The van der Waals surface area contributed by atoms with E-state index >= 15 is 0 Å². The third-order valence-corrected chi connectivity index (χ3v) is 0.823. The zero-order chi connectivity index (χ0) is 9.61. The average molecular weight is 171 g/mol. The van der Waals surface area contributed by atoms with Crippen molar-refractivity contribution in [3.05, 3.63) is 0 Å². The predicted octanol–water partition coefficient (Wildman–Crippen LogP) is 1.85. The monoisotopic (exact) mass is 171 g/mol. The van der Waals surface area contributed by atoms with E-state index in [4.69, 9.17) is 10.00 Å². The average Bonchev–Trinajstić information content (AvgIpc) is 1.84. The first-order valence-corrected chi connectivity index (χ1v) is 3.68. The van der Waals surface area contributed by atoms with Crippen molar-refractivity contribution in [1.82, 2.24) is 0 Å². The van der Waals surface area contributed by atoms with Crippen molar-refractivity contribution >= 4 is 6.16 Å². The Labute approximate surface area is 72.1 Å². The van der Waals surface area contributed by atoms with E-state index in [1.165, 1.54) is 0 Å². The fourth-order valence-corrected chi connectivity index (χ4v) is 0.459. The molecule has 0 amide bonds. The third kappa shape index (κ3) is 6.87. The molecular weight excluding hydrogens is 158 g/mol. The van der Waals surface area contributed by atoms with Gasteiger partial charge in [0.15, 0.2) is 0 Å². The minimum atomic E-state index is -0.724. The van der Waals surface area contributed by atoms with Crippen molar-refractivity contribution in [1.29, 1.82) is 5.26 Å². The lowest BCUT2D eigenvalue weighted by molar-refractivity contribution is -0.00622. The van der Waals surface area contributed by atoms with Gasteiger partial charge in [-0.1, -0.05) is 0 Å². The highest BCUT2D eigenvalue weighted by atomic mass is 16.7. The molecule has 0 rings (SSSR count). The van der Waals surface area contributed by atoms with Crippen LogP contribution in [0.1, 0.15) is 27.2 Å². The highest BCUT2D eigenvalue weighted by Gasteiger charge is 2.16. The molecular formula is C8H13NO3. The summed E-state index contributed by atoms with van der Waals surface area (Å²) in [6.45, 7) is 5.33. The second-order valence-corrected chi connectivity index (χ2v) is 3.22. The maximum atomic E-state index is 10.8. The highest BCUT2D eigenvalue weighted by Crippen LogP contribution is 2.07. The fourth-order valence-electron chi connectivity index (χ4n) is 0.459. The molecule has 0 aliphatic carbocycles. The summed E-state index contributed by atoms with van der Waals surface area (Å²) in [5, 5.41) is 8.13. The number of carbonyl (C=O) groups is 1. The van der Waals surface area contributed by atoms with Gasteiger partial charge in [0.2, 0.25) is 0 Å². The van der Waals surface area contributed by atoms with Gasteiger partial charge in [-0.15, -0.1) is 0 Å². The van der Waals surface area contributed by atoms with Gasteiger partial charge >= 0.3 is 6.16 Å². The Bertz CT molecular complexity index is 187. The Kier molecular flexibility index (Phi) is 4.12. The third-order valence-electron chi connectivity index (χ3n) is 0.823. The van der Waals surface area contributed by atoms with Crippen LogP contribution < -0.4 is 0 Å². The van der Waals surface area contributed by atoms with Crippen LogP contribution in [0.5, 0.6) is 0 Å². The van der Waals surface area contributed by atoms with E-state index in [-0.39, 0.29) is 13.0 Å². The molecule has 0 heterocycles. The normalized spacial score (nSPS) is 10.2. The number of nitrogens with zero attached hydrogens (tertiary/aromatic N) is 1. The van der Waals surface area contributed by atoms with Crippen molar-refractivity contribution < 1.29 is 14.3 Å². The molecule has 0 N–H and O–H groups in total. The van der Waals surface area contributed by atoms with Crippen molar-refractivity contribution in [2.45, 2.75) is 32.8 Å². The Morgan fingerprint density at radius 2 is 2.08 bits per heavy atom. The van der Waals surface area contributed by atoms with Gasteiger partial charge in [0.1, 0.15) is 12.2 Å². The minimum Gasteiger partial charge on any atom is -0.433 e. The Morgan fingerprint density at radius 3 is 2.50 bits per heavy atom. The van der Waals surface area contributed by atoms with Crippen molar-refractivity contribution in [3.8, 4) is 6.07 Å². The number of hydrogen-bond donors (Lipinski definition) is 0. The molecule has 0 aliphatic rings. The molecule has 0 saturated carbocycles. The number of rotatable bonds is 2. The molecule has 4 heteroatoms. The van der Waals surface area contributed by atoms with Crippen LogP contribution in [-0.4, -0.2) is 18.4 Å².